The molecule has 15 heavy (non-hydrogen) atoms. The van der Waals surface area contributed by atoms with Crippen LogP contribution in [0, 0.1) is 18.7 Å². The van der Waals surface area contributed by atoms with E-state index in [9.17, 15) is 14.3 Å². The number of hydrogen-bond acceptors (Lipinski definition) is 2. The van der Waals surface area contributed by atoms with Gasteiger partial charge in [0.1, 0.15) is 11.6 Å². The van der Waals surface area contributed by atoms with Gasteiger partial charge in [0.25, 0.3) is 0 Å². The molecule has 0 saturated heterocycles. The number of rotatable bonds is 3. The standard InChI is InChI=1S/C11H13FO3/c1-6-4-9(12)5-8(10(6)13)3-7(2)11(14)15/h4-5,7,13H,3H2,1-2H3,(H,14,15). The fourth-order valence-corrected chi connectivity index (χ4v) is 1.38. The molecule has 0 aliphatic rings. The van der Waals surface area contributed by atoms with Crippen molar-refractivity contribution in [2.75, 3.05) is 0 Å². The molecule has 82 valence electrons. The Bertz CT molecular complexity index is 388. The van der Waals surface area contributed by atoms with Crippen LogP contribution in [0.5, 0.6) is 5.75 Å². The molecule has 3 nitrogen and oxygen atoms in total. The van der Waals surface area contributed by atoms with Crippen molar-refractivity contribution in [3.05, 3.63) is 29.1 Å². The molecule has 0 aliphatic carbocycles. The van der Waals surface area contributed by atoms with Crippen molar-refractivity contribution in [3.63, 3.8) is 0 Å². The second-order valence-corrected chi connectivity index (χ2v) is 3.67. The lowest BCUT2D eigenvalue weighted by Crippen LogP contribution is -2.12. The predicted octanol–water partition coefficient (Wildman–Crippen LogP) is 2.10. The topological polar surface area (TPSA) is 57.5 Å². The predicted molar refractivity (Wildman–Crippen MR) is 53.3 cm³/mol. The van der Waals surface area contributed by atoms with Crippen molar-refractivity contribution < 1.29 is 19.4 Å². The van der Waals surface area contributed by atoms with E-state index in [0.29, 0.717) is 11.1 Å². The molecule has 1 unspecified atom stereocenters. The number of aliphatic carboxylic acids is 1. The van der Waals surface area contributed by atoms with Crippen LogP contribution in [0.4, 0.5) is 4.39 Å². The number of phenolic OH excluding ortho intramolecular Hbond substituents is 1. The lowest BCUT2D eigenvalue weighted by Gasteiger charge is -2.10. The first-order valence-corrected chi connectivity index (χ1v) is 4.62. The van der Waals surface area contributed by atoms with Gasteiger partial charge in [0.15, 0.2) is 0 Å². The van der Waals surface area contributed by atoms with E-state index >= 15 is 0 Å². The van der Waals surface area contributed by atoms with Gasteiger partial charge >= 0.3 is 5.97 Å². The number of carboxylic acid groups (broad SMARTS) is 1. The summed E-state index contributed by atoms with van der Waals surface area (Å²) in [6, 6.07) is 2.38. The molecule has 1 atom stereocenters. The maximum absolute atomic E-state index is 13.0. The highest BCUT2D eigenvalue weighted by atomic mass is 19.1. The van der Waals surface area contributed by atoms with E-state index < -0.39 is 17.7 Å². The third kappa shape index (κ3) is 2.68. The Labute approximate surface area is 87.2 Å². The van der Waals surface area contributed by atoms with Crippen LogP contribution in [0.3, 0.4) is 0 Å². The SMILES string of the molecule is Cc1cc(F)cc(CC(C)C(=O)O)c1O. The molecule has 1 rings (SSSR count). The molecule has 0 amide bonds. The van der Waals surface area contributed by atoms with Gasteiger partial charge in [-0.15, -0.1) is 0 Å². The summed E-state index contributed by atoms with van der Waals surface area (Å²) in [7, 11) is 0. The van der Waals surface area contributed by atoms with Crippen molar-refractivity contribution in [1.82, 2.24) is 0 Å². The summed E-state index contributed by atoms with van der Waals surface area (Å²) in [6.07, 6.45) is 0.125. The maximum Gasteiger partial charge on any atom is 0.306 e. The zero-order valence-corrected chi connectivity index (χ0v) is 8.62. The van der Waals surface area contributed by atoms with Gasteiger partial charge in [-0.1, -0.05) is 6.92 Å². The third-order valence-electron chi connectivity index (χ3n) is 2.29. The second kappa shape index (κ2) is 4.29. The van der Waals surface area contributed by atoms with Gasteiger partial charge in [-0.3, -0.25) is 4.79 Å². The van der Waals surface area contributed by atoms with E-state index in [0.717, 1.165) is 0 Å². The zero-order valence-electron chi connectivity index (χ0n) is 8.62. The molecule has 0 heterocycles. The molecule has 0 fully saturated rings. The Hall–Kier alpha value is -1.58. The highest BCUT2D eigenvalue weighted by Crippen LogP contribution is 2.25. The van der Waals surface area contributed by atoms with Crippen molar-refractivity contribution >= 4 is 5.97 Å². The van der Waals surface area contributed by atoms with Crippen LogP contribution in [0.1, 0.15) is 18.1 Å². The van der Waals surface area contributed by atoms with Crippen molar-refractivity contribution in [3.8, 4) is 5.75 Å². The van der Waals surface area contributed by atoms with E-state index in [1.165, 1.54) is 19.1 Å². The normalized spacial score (nSPS) is 12.5. The molecule has 0 radical (unpaired) electrons. The summed E-state index contributed by atoms with van der Waals surface area (Å²) >= 11 is 0. The minimum atomic E-state index is -0.962. The quantitative estimate of drug-likeness (QED) is 0.806. The van der Waals surface area contributed by atoms with Crippen LogP contribution in [0.2, 0.25) is 0 Å². The molecule has 0 aromatic heterocycles. The van der Waals surface area contributed by atoms with Crippen LogP contribution >= 0.6 is 0 Å². The Morgan fingerprint density at radius 2 is 2.13 bits per heavy atom. The Morgan fingerprint density at radius 3 is 2.67 bits per heavy atom. The van der Waals surface area contributed by atoms with E-state index in [-0.39, 0.29) is 12.2 Å². The van der Waals surface area contributed by atoms with Crippen LogP contribution in [0.15, 0.2) is 12.1 Å². The summed E-state index contributed by atoms with van der Waals surface area (Å²) in [5.74, 6) is -2.09. The summed E-state index contributed by atoms with van der Waals surface area (Å²) in [5.41, 5.74) is 0.755. The van der Waals surface area contributed by atoms with Crippen LogP contribution < -0.4 is 0 Å². The first kappa shape index (κ1) is 11.5. The molecule has 0 saturated carbocycles. The smallest absolute Gasteiger partial charge is 0.306 e. The molecular weight excluding hydrogens is 199 g/mol. The first-order valence-electron chi connectivity index (χ1n) is 4.62. The lowest BCUT2D eigenvalue weighted by molar-refractivity contribution is -0.141. The Kier molecular flexibility index (Phi) is 3.29. The molecule has 0 bridgehead atoms. The summed E-state index contributed by atoms with van der Waals surface area (Å²) in [6.45, 7) is 3.09. The van der Waals surface area contributed by atoms with Gasteiger partial charge < -0.3 is 10.2 Å². The number of benzene rings is 1. The summed E-state index contributed by atoms with van der Waals surface area (Å²) < 4.78 is 13.0. The van der Waals surface area contributed by atoms with Gasteiger partial charge in [-0.25, -0.2) is 4.39 Å². The highest BCUT2D eigenvalue weighted by molar-refractivity contribution is 5.70. The third-order valence-corrected chi connectivity index (χ3v) is 2.29. The number of hydrogen-bond donors (Lipinski definition) is 2. The molecule has 0 spiro atoms. The minimum Gasteiger partial charge on any atom is -0.507 e. The number of phenols is 1. The van der Waals surface area contributed by atoms with E-state index in [1.54, 1.807) is 6.92 Å². The number of carboxylic acids is 1. The Balaban J connectivity index is 2.99. The Morgan fingerprint density at radius 1 is 1.53 bits per heavy atom. The number of aryl methyl sites for hydroxylation is 1. The van der Waals surface area contributed by atoms with Crippen molar-refractivity contribution in [2.45, 2.75) is 20.3 Å². The first-order chi connectivity index (χ1) is 6.91. The highest BCUT2D eigenvalue weighted by Gasteiger charge is 2.15. The minimum absolute atomic E-state index is 0.0236. The van der Waals surface area contributed by atoms with Crippen LogP contribution in [-0.4, -0.2) is 16.2 Å². The average Bonchev–Trinajstić information content (AvgIpc) is 2.13. The van der Waals surface area contributed by atoms with Gasteiger partial charge in [-0.05, 0) is 36.6 Å². The molecule has 4 heteroatoms. The second-order valence-electron chi connectivity index (χ2n) is 3.67. The van der Waals surface area contributed by atoms with Gasteiger partial charge in [0.2, 0.25) is 0 Å². The van der Waals surface area contributed by atoms with Gasteiger partial charge in [-0.2, -0.15) is 0 Å². The van der Waals surface area contributed by atoms with E-state index in [2.05, 4.69) is 0 Å². The monoisotopic (exact) mass is 212 g/mol. The zero-order chi connectivity index (χ0) is 11.6. The fourth-order valence-electron chi connectivity index (χ4n) is 1.38. The van der Waals surface area contributed by atoms with Gasteiger partial charge in [0.05, 0.1) is 5.92 Å². The van der Waals surface area contributed by atoms with E-state index in [4.69, 9.17) is 5.11 Å². The fraction of sp³-hybridized carbons (Fsp3) is 0.364. The molecule has 1 aromatic rings. The largest absolute Gasteiger partial charge is 0.507 e. The van der Waals surface area contributed by atoms with Crippen LogP contribution in [-0.2, 0) is 11.2 Å². The molecule has 2 N–H and O–H groups in total. The summed E-state index contributed by atoms with van der Waals surface area (Å²) in [5, 5.41) is 18.3. The molecular formula is C11H13FO3. The van der Waals surface area contributed by atoms with Crippen molar-refractivity contribution in [1.29, 1.82) is 0 Å². The molecule has 1 aromatic carbocycles. The molecule has 0 aliphatic heterocycles. The number of carbonyl (C=O) groups is 1. The lowest BCUT2D eigenvalue weighted by atomic mass is 9.98. The average molecular weight is 212 g/mol. The van der Waals surface area contributed by atoms with Gasteiger partial charge in [0, 0.05) is 0 Å². The number of halogens is 1. The van der Waals surface area contributed by atoms with Crippen molar-refractivity contribution in [2.24, 2.45) is 5.92 Å². The number of aromatic hydroxyl groups is 1. The van der Waals surface area contributed by atoms with Crippen LogP contribution in [0.25, 0.3) is 0 Å². The maximum atomic E-state index is 13.0. The van der Waals surface area contributed by atoms with E-state index in [1.807, 2.05) is 0 Å². The summed E-state index contributed by atoms with van der Waals surface area (Å²) in [4.78, 5) is 10.6.